The molecule has 5 rings (SSSR count). The van der Waals surface area contributed by atoms with Gasteiger partial charge in [-0.25, -0.2) is 0 Å². The van der Waals surface area contributed by atoms with Crippen molar-refractivity contribution >= 4 is 0 Å². The first-order valence-corrected chi connectivity index (χ1v) is 13.9. The Morgan fingerprint density at radius 3 is 2.62 bits per heavy atom. The Bertz CT molecular complexity index is 633. The summed E-state index contributed by atoms with van der Waals surface area (Å²) in [4.78, 5) is 0. The minimum atomic E-state index is -0.737. The predicted octanol–water partition coefficient (Wildman–Crippen LogP) is 6.02. The van der Waals surface area contributed by atoms with E-state index in [9.17, 15) is 5.11 Å². The Morgan fingerprint density at radius 1 is 0.906 bits per heavy atom. The first-order valence-electron chi connectivity index (χ1n) is 13.9. The van der Waals surface area contributed by atoms with Gasteiger partial charge in [-0.2, -0.15) is 0 Å². The fourth-order valence-electron chi connectivity index (χ4n) is 7.72. The summed E-state index contributed by atoms with van der Waals surface area (Å²) >= 11 is 0. The Balaban J connectivity index is 1.23. The molecular weight excluding hydrogens is 400 g/mol. The fraction of sp³-hybridized carbons (Fsp3) is 0.929. The van der Waals surface area contributed by atoms with E-state index in [4.69, 9.17) is 14.2 Å². The Hall–Kier alpha value is -0.420. The summed E-state index contributed by atoms with van der Waals surface area (Å²) in [7, 11) is 0. The van der Waals surface area contributed by atoms with Crippen molar-refractivity contribution in [2.24, 2.45) is 29.6 Å². The normalized spacial score (nSPS) is 44.9. The first kappa shape index (κ1) is 23.3. The van der Waals surface area contributed by atoms with Crippen LogP contribution in [0.25, 0.3) is 0 Å². The molecular formula is C28H46O4. The van der Waals surface area contributed by atoms with Gasteiger partial charge in [-0.15, -0.1) is 0 Å². The van der Waals surface area contributed by atoms with Crippen molar-refractivity contribution in [1.82, 2.24) is 0 Å². The maximum Gasteiger partial charge on any atom is 0.181 e. The zero-order chi connectivity index (χ0) is 21.9. The van der Waals surface area contributed by atoms with Gasteiger partial charge in [0.25, 0.3) is 0 Å². The van der Waals surface area contributed by atoms with E-state index in [1.165, 1.54) is 77.0 Å². The van der Waals surface area contributed by atoms with Gasteiger partial charge in [-0.1, -0.05) is 18.1 Å². The van der Waals surface area contributed by atoms with Crippen LogP contribution in [-0.2, 0) is 14.2 Å². The van der Waals surface area contributed by atoms with E-state index in [1.807, 2.05) is 0 Å². The molecule has 0 aromatic carbocycles. The third-order valence-corrected chi connectivity index (χ3v) is 9.61. The van der Waals surface area contributed by atoms with Crippen LogP contribution in [0.2, 0.25) is 0 Å². The lowest BCUT2D eigenvalue weighted by Crippen LogP contribution is -2.45. The third-order valence-electron chi connectivity index (χ3n) is 9.61. The number of aliphatic hydroxyl groups excluding tert-OH is 1. The van der Waals surface area contributed by atoms with E-state index in [0.717, 1.165) is 43.1 Å². The van der Waals surface area contributed by atoms with Crippen LogP contribution < -0.4 is 0 Å². The average molecular weight is 447 g/mol. The summed E-state index contributed by atoms with van der Waals surface area (Å²) in [6.45, 7) is 3.88. The summed E-state index contributed by atoms with van der Waals surface area (Å²) in [6.07, 6.45) is 20.1. The largest absolute Gasteiger partial charge is 0.378 e. The molecule has 0 radical (unpaired) electrons. The maximum absolute atomic E-state index is 10.4. The zero-order valence-corrected chi connectivity index (χ0v) is 20.3. The molecule has 9 unspecified atom stereocenters. The molecule has 1 N–H and O–H groups in total. The van der Waals surface area contributed by atoms with Gasteiger partial charge in [0.2, 0.25) is 0 Å². The molecule has 0 amide bonds. The molecule has 0 bridgehead atoms. The van der Waals surface area contributed by atoms with Crippen LogP contribution in [0.15, 0.2) is 11.6 Å². The Labute approximate surface area is 195 Å². The lowest BCUT2D eigenvalue weighted by atomic mass is 9.60. The molecule has 32 heavy (non-hydrogen) atoms. The summed E-state index contributed by atoms with van der Waals surface area (Å²) in [6, 6.07) is 0. The van der Waals surface area contributed by atoms with Crippen molar-refractivity contribution in [2.75, 3.05) is 13.2 Å². The van der Waals surface area contributed by atoms with Crippen molar-refractivity contribution in [3.63, 3.8) is 0 Å². The molecule has 4 nitrogen and oxygen atoms in total. The van der Waals surface area contributed by atoms with E-state index < -0.39 is 6.29 Å². The van der Waals surface area contributed by atoms with Gasteiger partial charge in [0.05, 0.1) is 12.2 Å². The number of ether oxygens (including phenoxy) is 3. The monoisotopic (exact) mass is 446 g/mol. The highest BCUT2D eigenvalue weighted by Crippen LogP contribution is 2.51. The third kappa shape index (κ3) is 5.45. The summed E-state index contributed by atoms with van der Waals surface area (Å²) < 4.78 is 18.1. The Morgan fingerprint density at radius 2 is 1.75 bits per heavy atom. The van der Waals surface area contributed by atoms with E-state index in [1.54, 1.807) is 5.57 Å². The van der Waals surface area contributed by atoms with E-state index in [2.05, 4.69) is 13.0 Å². The second-order valence-corrected chi connectivity index (χ2v) is 11.6. The highest BCUT2D eigenvalue weighted by molar-refractivity contribution is 5.15. The maximum atomic E-state index is 10.4. The van der Waals surface area contributed by atoms with Crippen LogP contribution in [0.3, 0.4) is 0 Å². The molecule has 3 aliphatic carbocycles. The van der Waals surface area contributed by atoms with Crippen LogP contribution >= 0.6 is 0 Å². The topological polar surface area (TPSA) is 47.9 Å². The quantitative estimate of drug-likeness (QED) is 0.507. The molecule has 2 aliphatic heterocycles. The van der Waals surface area contributed by atoms with Crippen molar-refractivity contribution in [1.29, 1.82) is 0 Å². The smallest absolute Gasteiger partial charge is 0.181 e. The van der Waals surface area contributed by atoms with Crippen molar-refractivity contribution in [3.8, 4) is 0 Å². The number of hydrogen-bond donors (Lipinski definition) is 1. The molecule has 0 spiro atoms. The van der Waals surface area contributed by atoms with E-state index in [0.29, 0.717) is 24.7 Å². The van der Waals surface area contributed by atoms with Gasteiger partial charge < -0.3 is 19.3 Å². The molecule has 182 valence electrons. The first-order chi connectivity index (χ1) is 15.7. The summed E-state index contributed by atoms with van der Waals surface area (Å²) in [5.74, 6) is 3.91. The molecule has 2 heterocycles. The number of rotatable bonds is 6. The van der Waals surface area contributed by atoms with E-state index >= 15 is 0 Å². The average Bonchev–Trinajstić information content (AvgIpc) is 2.81. The second kappa shape index (κ2) is 10.9. The molecule has 0 aromatic heterocycles. The van der Waals surface area contributed by atoms with Crippen LogP contribution in [0.1, 0.15) is 96.8 Å². The number of allylic oxidation sites excluding steroid dienone is 2. The second-order valence-electron chi connectivity index (χ2n) is 11.6. The van der Waals surface area contributed by atoms with Crippen LogP contribution in [0.5, 0.6) is 0 Å². The molecule has 9 atom stereocenters. The van der Waals surface area contributed by atoms with Gasteiger partial charge in [-0.05, 0) is 120 Å². The van der Waals surface area contributed by atoms with Crippen LogP contribution in [0, 0.1) is 29.6 Å². The SMILES string of the molecule is CC1OCCCC1CCCC1CC2CC3CCCC=C3CC2CC1OC1CCCOC1O. The fourth-order valence-corrected chi connectivity index (χ4v) is 7.72. The minimum Gasteiger partial charge on any atom is -0.378 e. The minimum absolute atomic E-state index is 0.134. The predicted molar refractivity (Wildman–Crippen MR) is 126 cm³/mol. The molecule has 0 aromatic rings. The lowest BCUT2D eigenvalue weighted by molar-refractivity contribution is -0.227. The van der Waals surface area contributed by atoms with Gasteiger partial charge in [0.15, 0.2) is 6.29 Å². The van der Waals surface area contributed by atoms with Crippen molar-refractivity contribution in [2.45, 2.75) is 121 Å². The Kier molecular flexibility index (Phi) is 7.93. The molecule has 4 heteroatoms. The number of fused-ring (bicyclic) bond motifs is 2. The zero-order valence-electron chi connectivity index (χ0n) is 20.3. The van der Waals surface area contributed by atoms with Crippen molar-refractivity contribution in [3.05, 3.63) is 11.6 Å². The summed E-state index contributed by atoms with van der Waals surface area (Å²) in [5.41, 5.74) is 1.77. The standard InChI is InChI=1S/C28H46O4/c1-19-20(11-5-13-30-19)9-4-10-23-17-24-15-21-7-2-3-8-22(21)16-25(24)18-27(23)32-26-12-6-14-31-28(26)29/h8,19-21,23-29H,2-7,9-18H2,1H3. The van der Waals surface area contributed by atoms with Gasteiger partial charge in [0, 0.05) is 13.2 Å². The van der Waals surface area contributed by atoms with Crippen molar-refractivity contribution < 1.29 is 19.3 Å². The number of aliphatic hydroxyl groups is 1. The van der Waals surface area contributed by atoms with Crippen LogP contribution in [0.4, 0.5) is 0 Å². The van der Waals surface area contributed by atoms with E-state index in [-0.39, 0.29) is 6.10 Å². The highest BCUT2D eigenvalue weighted by atomic mass is 16.6. The van der Waals surface area contributed by atoms with Gasteiger partial charge in [-0.3, -0.25) is 0 Å². The molecule has 5 aliphatic rings. The van der Waals surface area contributed by atoms with Crippen LogP contribution in [-0.4, -0.2) is 42.9 Å². The number of hydrogen-bond acceptors (Lipinski definition) is 4. The summed E-state index contributed by atoms with van der Waals surface area (Å²) in [5, 5.41) is 10.4. The molecule has 2 saturated carbocycles. The lowest BCUT2D eigenvalue weighted by Gasteiger charge is -2.48. The molecule has 2 saturated heterocycles. The highest BCUT2D eigenvalue weighted by Gasteiger charge is 2.43. The molecule has 4 fully saturated rings. The van der Waals surface area contributed by atoms with Gasteiger partial charge in [0.1, 0.15) is 6.10 Å². The van der Waals surface area contributed by atoms with Gasteiger partial charge >= 0.3 is 0 Å².